The summed E-state index contributed by atoms with van der Waals surface area (Å²) in [6.45, 7) is 5.80. The van der Waals surface area contributed by atoms with Gasteiger partial charge in [-0.3, -0.25) is 19.2 Å². The number of likely N-dealkylation sites (tertiary alicyclic amines) is 1. The van der Waals surface area contributed by atoms with E-state index in [2.05, 4.69) is 31.1 Å². The number of Topliss-reactive ketones (excluding diaryl/α,β-unsaturated/α-hetero) is 2. The number of carbonyl (C=O) groups is 4. The first kappa shape index (κ1) is 30.3. The molecule has 2 saturated heterocycles. The highest BCUT2D eigenvalue weighted by Crippen LogP contribution is 2.33. The second kappa shape index (κ2) is 11.5. The smallest absolute Gasteiger partial charge is 0.264 e. The summed E-state index contributed by atoms with van der Waals surface area (Å²) in [5, 5.41) is 11.9. The highest BCUT2D eigenvalue weighted by atomic mass is 32.2. The van der Waals surface area contributed by atoms with E-state index in [-0.39, 0.29) is 37.0 Å². The van der Waals surface area contributed by atoms with E-state index in [0.29, 0.717) is 11.1 Å². The number of ketones is 2. The van der Waals surface area contributed by atoms with Gasteiger partial charge in [0.2, 0.25) is 11.0 Å². The van der Waals surface area contributed by atoms with Gasteiger partial charge in [-0.1, -0.05) is 51.1 Å². The van der Waals surface area contributed by atoms with Crippen molar-refractivity contribution in [3.05, 3.63) is 77.5 Å². The Morgan fingerprint density at radius 2 is 1.74 bits per heavy atom. The van der Waals surface area contributed by atoms with Gasteiger partial charge in [-0.15, -0.1) is 0 Å². The quantitative estimate of drug-likeness (QED) is 0.511. The Hall–Kier alpha value is -4.16. The number of allylic oxidation sites excluding steroid dienone is 1. The second-order valence-corrected chi connectivity index (χ2v) is 13.8. The predicted octanol–water partition coefficient (Wildman–Crippen LogP) is 2.10. The fraction of sp³-hybridized carbons (Fsp3) is 0.387. The van der Waals surface area contributed by atoms with Gasteiger partial charge in [0.15, 0.2) is 11.6 Å². The lowest BCUT2D eigenvalue weighted by molar-refractivity contribution is -0.138. The van der Waals surface area contributed by atoms with Gasteiger partial charge in [0.1, 0.15) is 17.8 Å². The summed E-state index contributed by atoms with van der Waals surface area (Å²) in [7, 11) is -4.36. The number of phenolic OH excluding ortho intramolecular Hbond substituents is 1. The Balaban J connectivity index is 1.40. The molecular formula is C31H34N4O7S. The molecule has 0 aliphatic carbocycles. The molecule has 2 fully saturated rings. The zero-order valence-corrected chi connectivity index (χ0v) is 25.0. The summed E-state index contributed by atoms with van der Waals surface area (Å²) < 4.78 is 27.7. The third-order valence-electron chi connectivity index (χ3n) is 8.05. The first-order valence-corrected chi connectivity index (χ1v) is 15.5. The Bertz CT molecular complexity index is 1620. The van der Waals surface area contributed by atoms with Crippen LogP contribution < -0.4 is 5.32 Å². The summed E-state index contributed by atoms with van der Waals surface area (Å²) in [5.74, 6) is -2.08. The molecule has 0 bridgehead atoms. The van der Waals surface area contributed by atoms with E-state index in [4.69, 9.17) is 0 Å². The van der Waals surface area contributed by atoms with Crippen LogP contribution in [0.3, 0.4) is 0 Å². The third kappa shape index (κ3) is 6.02. The molecule has 12 heteroatoms. The van der Waals surface area contributed by atoms with Crippen molar-refractivity contribution in [1.29, 1.82) is 0 Å². The van der Waals surface area contributed by atoms with Crippen molar-refractivity contribution < 1.29 is 32.7 Å². The van der Waals surface area contributed by atoms with Gasteiger partial charge < -0.3 is 15.3 Å². The van der Waals surface area contributed by atoms with Crippen LogP contribution in [0.25, 0.3) is 0 Å². The van der Waals surface area contributed by atoms with Crippen LogP contribution in [0, 0.1) is 0 Å². The van der Waals surface area contributed by atoms with Crippen molar-refractivity contribution in [2.24, 2.45) is 4.99 Å². The minimum atomic E-state index is -4.36. The molecule has 2 aromatic rings. The highest BCUT2D eigenvalue weighted by Gasteiger charge is 2.55. The lowest BCUT2D eigenvalue weighted by Crippen LogP contribution is -2.53. The molecule has 3 unspecified atom stereocenters. The SMILES string of the molecule is CC(C)(C)c1ccc(C(=O)NC(Cc2ccc(O)cc2)C(=O)N2CCC3C2C(=O)CN3S(=O)(=O)C2=NC=CCC2=O)cc1. The van der Waals surface area contributed by atoms with Gasteiger partial charge in [-0.05, 0) is 47.2 Å². The average molecular weight is 607 g/mol. The number of fused-ring (bicyclic) bond motifs is 1. The fourth-order valence-corrected chi connectivity index (χ4v) is 7.39. The van der Waals surface area contributed by atoms with Crippen LogP contribution >= 0.6 is 0 Å². The van der Waals surface area contributed by atoms with Gasteiger partial charge in [0.05, 0.1) is 12.6 Å². The van der Waals surface area contributed by atoms with Crippen LogP contribution in [-0.2, 0) is 36.2 Å². The molecule has 3 atom stereocenters. The lowest BCUT2D eigenvalue weighted by atomic mass is 9.86. The summed E-state index contributed by atoms with van der Waals surface area (Å²) >= 11 is 0. The van der Waals surface area contributed by atoms with Crippen LogP contribution in [0.5, 0.6) is 5.75 Å². The molecule has 2 N–H and O–H groups in total. The van der Waals surface area contributed by atoms with E-state index in [1.54, 1.807) is 24.3 Å². The van der Waals surface area contributed by atoms with Gasteiger partial charge >= 0.3 is 0 Å². The topological polar surface area (TPSA) is 154 Å². The number of hydrogen-bond donors (Lipinski definition) is 2. The Morgan fingerprint density at radius 1 is 1.07 bits per heavy atom. The number of benzene rings is 2. The fourth-order valence-electron chi connectivity index (χ4n) is 5.73. The van der Waals surface area contributed by atoms with Crippen molar-refractivity contribution in [1.82, 2.24) is 14.5 Å². The van der Waals surface area contributed by atoms with E-state index in [0.717, 1.165) is 9.87 Å². The van der Waals surface area contributed by atoms with Crippen molar-refractivity contribution in [2.45, 2.75) is 63.6 Å². The normalized spacial score (nSPS) is 21.5. The van der Waals surface area contributed by atoms with Crippen LogP contribution in [0.4, 0.5) is 0 Å². The summed E-state index contributed by atoms with van der Waals surface area (Å²) in [6, 6.07) is 10.4. The lowest BCUT2D eigenvalue weighted by Gasteiger charge is -2.28. The molecule has 11 nitrogen and oxygen atoms in total. The van der Waals surface area contributed by atoms with Gasteiger partial charge in [-0.25, -0.2) is 13.4 Å². The van der Waals surface area contributed by atoms with E-state index in [1.807, 2.05) is 12.1 Å². The van der Waals surface area contributed by atoms with Crippen LogP contribution in [0.15, 0.2) is 65.8 Å². The van der Waals surface area contributed by atoms with E-state index in [9.17, 15) is 32.7 Å². The minimum absolute atomic E-state index is 0.0476. The van der Waals surface area contributed by atoms with Crippen LogP contribution in [0.2, 0.25) is 0 Å². The van der Waals surface area contributed by atoms with Crippen molar-refractivity contribution >= 4 is 38.4 Å². The first-order valence-electron chi connectivity index (χ1n) is 14.1. The standard InChI is InChI=1S/C31H34N4O7S/c1-31(2,3)21-10-8-20(9-11-21)28(39)33-23(17-19-6-12-22(36)13-7-19)30(40)34-16-14-24-27(34)26(38)18-35(24)43(41,42)29-25(37)5-4-15-32-29/h4,6-13,15,23-24,27,36H,5,14,16-18H2,1-3H3,(H,33,39). The van der Waals surface area contributed by atoms with Crippen LogP contribution in [0.1, 0.15) is 55.1 Å². The first-order chi connectivity index (χ1) is 20.3. The summed E-state index contributed by atoms with van der Waals surface area (Å²) in [6.07, 6.45) is 2.87. The van der Waals surface area contributed by atoms with E-state index >= 15 is 0 Å². The van der Waals surface area contributed by atoms with E-state index in [1.165, 1.54) is 29.3 Å². The molecule has 0 spiro atoms. The number of hydrogen-bond acceptors (Lipinski definition) is 8. The molecule has 2 aromatic carbocycles. The molecule has 226 valence electrons. The number of nitrogens with one attached hydrogen (secondary N) is 1. The second-order valence-electron chi connectivity index (χ2n) is 12.0. The highest BCUT2D eigenvalue weighted by molar-refractivity contribution is 8.06. The number of sulfonamides is 1. The number of phenols is 1. The molecule has 0 saturated carbocycles. The Morgan fingerprint density at radius 3 is 2.37 bits per heavy atom. The number of aromatic hydroxyl groups is 1. The van der Waals surface area contributed by atoms with E-state index < -0.39 is 63.1 Å². The van der Waals surface area contributed by atoms with Crippen molar-refractivity contribution in [3.8, 4) is 5.75 Å². The Labute approximate surface area is 250 Å². The largest absolute Gasteiger partial charge is 0.508 e. The third-order valence-corrected chi connectivity index (χ3v) is 9.88. The molecule has 2 amide bonds. The maximum absolute atomic E-state index is 14.0. The van der Waals surface area contributed by atoms with Gasteiger partial charge in [0, 0.05) is 31.1 Å². The maximum Gasteiger partial charge on any atom is 0.264 e. The van der Waals surface area contributed by atoms with Gasteiger partial charge in [0.25, 0.3) is 15.9 Å². The molecule has 0 aromatic heterocycles. The van der Waals surface area contributed by atoms with Gasteiger partial charge in [-0.2, -0.15) is 4.31 Å². The summed E-state index contributed by atoms with van der Waals surface area (Å²) in [5.41, 5.74) is 1.96. The number of aliphatic imine (C=N–C) groups is 1. The molecular weight excluding hydrogens is 572 g/mol. The number of rotatable bonds is 6. The molecule has 3 aliphatic rings. The molecule has 0 radical (unpaired) electrons. The van der Waals surface area contributed by atoms with Crippen molar-refractivity contribution in [2.75, 3.05) is 13.1 Å². The number of carbonyl (C=O) groups excluding carboxylic acids is 4. The average Bonchev–Trinajstić information content (AvgIpc) is 3.54. The van der Waals surface area contributed by atoms with Crippen LogP contribution in [-0.4, -0.2) is 82.4 Å². The molecule has 5 rings (SSSR count). The zero-order chi connectivity index (χ0) is 31.1. The minimum Gasteiger partial charge on any atom is -0.508 e. The number of amides is 2. The molecule has 43 heavy (non-hydrogen) atoms. The zero-order valence-electron chi connectivity index (χ0n) is 24.2. The predicted molar refractivity (Wildman–Crippen MR) is 159 cm³/mol. The Kier molecular flexibility index (Phi) is 8.10. The molecule has 3 heterocycles. The van der Waals surface area contributed by atoms with Crippen molar-refractivity contribution in [3.63, 3.8) is 0 Å². The monoisotopic (exact) mass is 606 g/mol. The molecule has 3 aliphatic heterocycles. The maximum atomic E-state index is 14.0. The number of nitrogens with zero attached hydrogens (tertiary/aromatic N) is 3. The summed E-state index contributed by atoms with van der Waals surface area (Å²) in [4.78, 5) is 58.0.